The largest absolute Gasteiger partial charge is 0.490 e. The molecule has 10 heteroatoms. The lowest BCUT2D eigenvalue weighted by Gasteiger charge is -2.14. The lowest BCUT2D eigenvalue weighted by molar-refractivity contribution is 0.194. The molecule has 0 unspecified atom stereocenters. The van der Waals surface area contributed by atoms with Gasteiger partial charge in [0.25, 0.3) is 0 Å². The maximum absolute atomic E-state index is 10.5. The van der Waals surface area contributed by atoms with Crippen LogP contribution < -0.4 is 20.1 Å². The first-order chi connectivity index (χ1) is 14.0. The van der Waals surface area contributed by atoms with Crippen LogP contribution in [0.25, 0.3) is 16.7 Å². The first-order valence-corrected chi connectivity index (χ1v) is 9.70. The molecule has 0 atom stereocenters. The van der Waals surface area contributed by atoms with Crippen LogP contribution in [-0.4, -0.2) is 57.1 Å². The molecule has 0 radical (unpaired) electrons. The lowest BCUT2D eigenvalue weighted by atomic mass is 10.2. The molecule has 29 heavy (non-hydrogen) atoms. The molecule has 0 aliphatic heterocycles. The molecule has 3 N–H and O–H groups in total. The number of carboxylic acid groups (broad SMARTS) is 1. The van der Waals surface area contributed by atoms with Gasteiger partial charge in [-0.2, -0.15) is 0 Å². The highest BCUT2D eigenvalue weighted by Crippen LogP contribution is 2.33. The molecule has 0 aliphatic rings. The van der Waals surface area contributed by atoms with Gasteiger partial charge >= 0.3 is 6.09 Å². The van der Waals surface area contributed by atoms with Gasteiger partial charge in [-0.05, 0) is 33.6 Å². The number of nitrogens with zero attached hydrogens (tertiary/aromatic N) is 4. The number of hydrogen-bond donors (Lipinski definition) is 3. The van der Waals surface area contributed by atoms with Gasteiger partial charge in [-0.1, -0.05) is 0 Å². The first-order valence-electron chi connectivity index (χ1n) is 9.70. The van der Waals surface area contributed by atoms with E-state index in [-0.39, 0.29) is 0 Å². The first kappa shape index (κ1) is 20.4. The molecule has 0 spiro atoms. The van der Waals surface area contributed by atoms with E-state index in [1.807, 2.05) is 37.3 Å². The number of carbonyl (C=O) groups is 1. The number of fused-ring (bicyclic) bond motifs is 3. The average Bonchev–Trinajstić information content (AvgIpc) is 3.07. The van der Waals surface area contributed by atoms with E-state index in [1.165, 1.54) is 0 Å². The van der Waals surface area contributed by atoms with Crippen LogP contribution in [0.15, 0.2) is 12.1 Å². The fourth-order valence-corrected chi connectivity index (χ4v) is 3.09. The number of nitrogens with one attached hydrogen (secondary N) is 2. The molecule has 0 saturated carbocycles. The minimum absolute atomic E-state index is 0.416. The SMILES string of the molecule is CCOc1cc2nc(NCCCCNC(=O)O)c3nnc(C)n3c2cc1OCC. The number of aromatic nitrogens is 4. The number of hydrogen-bond acceptors (Lipinski definition) is 7. The van der Waals surface area contributed by atoms with Crippen molar-refractivity contribution in [1.29, 1.82) is 0 Å². The van der Waals surface area contributed by atoms with Crippen LogP contribution >= 0.6 is 0 Å². The van der Waals surface area contributed by atoms with Crippen LogP contribution in [0, 0.1) is 6.92 Å². The standard InChI is InChI=1S/C19H26N6O4/c1-4-28-15-10-13-14(11-16(15)29-5-2)25-12(3)23-24-18(25)17(22-13)20-8-6-7-9-21-19(26)27/h10-11,21H,4-9H2,1-3H3,(H,20,22)(H,26,27). The highest BCUT2D eigenvalue weighted by atomic mass is 16.5. The zero-order valence-electron chi connectivity index (χ0n) is 16.9. The molecule has 156 valence electrons. The molecule has 0 aliphatic carbocycles. The Bertz CT molecular complexity index is 1000. The average molecular weight is 402 g/mol. The zero-order chi connectivity index (χ0) is 20.8. The summed E-state index contributed by atoms with van der Waals surface area (Å²) >= 11 is 0. The van der Waals surface area contributed by atoms with Crippen LogP contribution in [0.5, 0.6) is 11.5 Å². The summed E-state index contributed by atoms with van der Waals surface area (Å²) in [5.41, 5.74) is 2.21. The van der Waals surface area contributed by atoms with E-state index in [9.17, 15) is 4.79 Å². The molecule has 0 saturated heterocycles. The Kier molecular flexibility index (Phi) is 6.53. The van der Waals surface area contributed by atoms with E-state index in [0.717, 1.165) is 29.7 Å². The van der Waals surface area contributed by atoms with E-state index in [0.29, 0.717) is 49.3 Å². The van der Waals surface area contributed by atoms with Crippen LogP contribution in [0.4, 0.5) is 10.6 Å². The summed E-state index contributed by atoms with van der Waals surface area (Å²) in [6.45, 7) is 7.84. The van der Waals surface area contributed by atoms with Crippen LogP contribution in [0.2, 0.25) is 0 Å². The van der Waals surface area contributed by atoms with Gasteiger partial charge in [0.15, 0.2) is 17.3 Å². The Morgan fingerprint density at radius 1 is 1.10 bits per heavy atom. The summed E-state index contributed by atoms with van der Waals surface area (Å²) < 4.78 is 13.4. The van der Waals surface area contributed by atoms with Crippen LogP contribution in [0.3, 0.4) is 0 Å². The minimum Gasteiger partial charge on any atom is -0.490 e. The maximum Gasteiger partial charge on any atom is 0.404 e. The number of anilines is 1. The molecular weight excluding hydrogens is 376 g/mol. The second-order valence-electron chi connectivity index (χ2n) is 6.39. The number of benzene rings is 1. The molecule has 2 heterocycles. The smallest absolute Gasteiger partial charge is 0.404 e. The second-order valence-corrected chi connectivity index (χ2v) is 6.39. The Hall–Kier alpha value is -3.30. The summed E-state index contributed by atoms with van der Waals surface area (Å²) in [6.07, 6.45) is 0.500. The van der Waals surface area contributed by atoms with Crippen LogP contribution in [-0.2, 0) is 0 Å². The quantitative estimate of drug-likeness (QED) is 0.442. The Balaban J connectivity index is 1.91. The van der Waals surface area contributed by atoms with Crippen molar-refractivity contribution in [3.63, 3.8) is 0 Å². The third kappa shape index (κ3) is 4.58. The minimum atomic E-state index is -1.01. The summed E-state index contributed by atoms with van der Waals surface area (Å²) in [4.78, 5) is 15.2. The van der Waals surface area contributed by atoms with Gasteiger partial charge < -0.3 is 25.2 Å². The van der Waals surface area contributed by atoms with Gasteiger partial charge in [-0.25, -0.2) is 9.78 Å². The highest BCUT2D eigenvalue weighted by molar-refractivity contribution is 5.85. The summed E-state index contributed by atoms with van der Waals surface area (Å²) in [5.74, 6) is 2.67. The lowest BCUT2D eigenvalue weighted by Crippen LogP contribution is -2.22. The molecular formula is C19H26N6O4. The van der Waals surface area contributed by atoms with Gasteiger partial charge in [-0.3, -0.25) is 4.40 Å². The van der Waals surface area contributed by atoms with Gasteiger partial charge in [0.1, 0.15) is 5.82 Å². The topological polar surface area (TPSA) is 123 Å². The van der Waals surface area contributed by atoms with Crippen molar-refractivity contribution in [1.82, 2.24) is 24.9 Å². The zero-order valence-corrected chi connectivity index (χ0v) is 16.9. The van der Waals surface area contributed by atoms with Crippen molar-refractivity contribution in [2.45, 2.75) is 33.6 Å². The predicted octanol–water partition coefficient (Wildman–Crippen LogP) is 2.84. The molecule has 10 nitrogen and oxygen atoms in total. The Labute approximate surface area is 168 Å². The van der Waals surface area contributed by atoms with Crippen molar-refractivity contribution in [3.05, 3.63) is 18.0 Å². The number of rotatable bonds is 10. The Morgan fingerprint density at radius 2 is 1.79 bits per heavy atom. The molecule has 3 rings (SSSR count). The molecule has 0 bridgehead atoms. The predicted molar refractivity (Wildman–Crippen MR) is 109 cm³/mol. The highest BCUT2D eigenvalue weighted by Gasteiger charge is 2.16. The van der Waals surface area contributed by atoms with E-state index in [4.69, 9.17) is 19.6 Å². The van der Waals surface area contributed by atoms with Crippen molar-refractivity contribution in [2.75, 3.05) is 31.6 Å². The molecule has 1 amide bonds. The second kappa shape index (κ2) is 9.26. The summed E-state index contributed by atoms with van der Waals surface area (Å²) in [5, 5.41) is 22.7. The summed E-state index contributed by atoms with van der Waals surface area (Å²) in [6, 6.07) is 3.77. The fourth-order valence-electron chi connectivity index (χ4n) is 3.09. The van der Waals surface area contributed by atoms with E-state index < -0.39 is 6.09 Å². The van der Waals surface area contributed by atoms with E-state index >= 15 is 0 Å². The maximum atomic E-state index is 10.5. The van der Waals surface area contributed by atoms with Gasteiger partial charge in [0.05, 0.1) is 24.2 Å². The molecule has 1 aromatic carbocycles. The normalized spacial score (nSPS) is 11.0. The summed E-state index contributed by atoms with van der Waals surface area (Å²) in [7, 11) is 0. The third-order valence-corrected chi connectivity index (χ3v) is 4.32. The van der Waals surface area contributed by atoms with E-state index in [2.05, 4.69) is 20.8 Å². The molecule has 0 fully saturated rings. The van der Waals surface area contributed by atoms with Gasteiger partial charge in [-0.15, -0.1) is 10.2 Å². The van der Waals surface area contributed by atoms with Crippen molar-refractivity contribution in [3.8, 4) is 11.5 Å². The fraction of sp³-hybridized carbons (Fsp3) is 0.474. The van der Waals surface area contributed by atoms with Crippen molar-refractivity contribution < 1.29 is 19.4 Å². The van der Waals surface area contributed by atoms with E-state index in [1.54, 1.807) is 0 Å². The third-order valence-electron chi connectivity index (χ3n) is 4.32. The van der Waals surface area contributed by atoms with Crippen molar-refractivity contribution >= 4 is 28.6 Å². The van der Waals surface area contributed by atoms with Crippen LogP contribution in [0.1, 0.15) is 32.5 Å². The molecule has 2 aromatic heterocycles. The molecule has 3 aromatic rings. The monoisotopic (exact) mass is 402 g/mol. The number of unbranched alkanes of at least 4 members (excludes halogenated alkanes) is 1. The number of ether oxygens (including phenoxy) is 2. The number of aryl methyl sites for hydroxylation is 1. The van der Waals surface area contributed by atoms with Crippen molar-refractivity contribution in [2.24, 2.45) is 0 Å². The van der Waals surface area contributed by atoms with Gasteiger partial charge in [0.2, 0.25) is 5.65 Å². The number of amides is 1. The Morgan fingerprint density at radius 3 is 2.48 bits per heavy atom. The van der Waals surface area contributed by atoms with Gasteiger partial charge in [0, 0.05) is 25.2 Å².